The lowest BCUT2D eigenvalue weighted by Crippen LogP contribution is -2.38. The van der Waals surface area contributed by atoms with Gasteiger partial charge in [0.2, 0.25) is 0 Å². The second-order valence-electron chi connectivity index (χ2n) is 8.22. The summed E-state index contributed by atoms with van der Waals surface area (Å²) in [7, 11) is 0. The van der Waals surface area contributed by atoms with Crippen LogP contribution in [-0.4, -0.2) is 65.3 Å². The monoisotopic (exact) mass is 441 g/mol. The first-order valence-corrected chi connectivity index (χ1v) is 11.5. The number of morpholine rings is 1. The molecule has 1 aliphatic heterocycles. The van der Waals surface area contributed by atoms with Gasteiger partial charge in [0.25, 0.3) is 0 Å². The summed E-state index contributed by atoms with van der Waals surface area (Å²) < 4.78 is 11.3. The molecule has 0 unspecified atom stereocenters. The fourth-order valence-corrected chi connectivity index (χ4v) is 4.51. The number of hydrogen-bond acceptors (Lipinski definition) is 6. The standard InChI is InChI=1S/C23H28ClN5O2/c24-19-15-25-23-21(20(19)26-17-3-1-2-4-17)27-22(28-23)16-5-7-18(8-6-16)31-14-11-29-9-12-30-13-10-29/h5-8,15,17H,1-4,9-14H2,(H2,25,26,27,28). The van der Waals surface area contributed by atoms with E-state index in [4.69, 9.17) is 21.1 Å². The van der Waals surface area contributed by atoms with E-state index < -0.39 is 0 Å². The van der Waals surface area contributed by atoms with Crippen LogP contribution in [0.3, 0.4) is 0 Å². The van der Waals surface area contributed by atoms with Gasteiger partial charge in [0.1, 0.15) is 23.7 Å². The molecule has 0 atom stereocenters. The maximum Gasteiger partial charge on any atom is 0.180 e. The molecule has 2 fully saturated rings. The Labute approximate surface area is 187 Å². The van der Waals surface area contributed by atoms with Crippen LogP contribution in [0.4, 0.5) is 5.69 Å². The number of halogens is 1. The number of aromatic amines is 1. The molecule has 5 rings (SSSR count). The van der Waals surface area contributed by atoms with E-state index in [2.05, 4.69) is 25.2 Å². The molecule has 0 radical (unpaired) electrons. The minimum absolute atomic E-state index is 0.462. The Kier molecular flexibility index (Phi) is 6.25. The van der Waals surface area contributed by atoms with Crippen molar-refractivity contribution in [1.82, 2.24) is 19.9 Å². The quantitative estimate of drug-likeness (QED) is 0.568. The summed E-state index contributed by atoms with van der Waals surface area (Å²) in [6.07, 6.45) is 6.55. The Hall–Kier alpha value is -2.35. The lowest BCUT2D eigenvalue weighted by molar-refractivity contribution is 0.0322. The molecule has 2 aromatic heterocycles. The van der Waals surface area contributed by atoms with Gasteiger partial charge >= 0.3 is 0 Å². The van der Waals surface area contributed by atoms with Crippen molar-refractivity contribution in [3.05, 3.63) is 35.5 Å². The van der Waals surface area contributed by atoms with Gasteiger partial charge in [0.05, 0.1) is 30.1 Å². The highest BCUT2D eigenvalue weighted by Crippen LogP contribution is 2.33. The third-order valence-corrected chi connectivity index (χ3v) is 6.37. The molecule has 1 saturated carbocycles. The van der Waals surface area contributed by atoms with Gasteiger partial charge in [0, 0.05) is 31.2 Å². The van der Waals surface area contributed by atoms with Crippen molar-refractivity contribution in [2.45, 2.75) is 31.7 Å². The number of benzene rings is 1. The van der Waals surface area contributed by atoms with Crippen LogP contribution in [-0.2, 0) is 4.74 Å². The fraction of sp³-hybridized carbons (Fsp3) is 0.478. The Morgan fingerprint density at radius 2 is 1.94 bits per heavy atom. The van der Waals surface area contributed by atoms with Gasteiger partial charge in [-0.1, -0.05) is 24.4 Å². The number of nitrogens with one attached hydrogen (secondary N) is 2. The predicted octanol–water partition coefficient (Wildman–Crippen LogP) is 4.34. The maximum atomic E-state index is 6.46. The maximum absolute atomic E-state index is 6.46. The van der Waals surface area contributed by atoms with Gasteiger partial charge in [-0.15, -0.1) is 0 Å². The minimum atomic E-state index is 0.462. The third kappa shape index (κ3) is 4.79. The third-order valence-electron chi connectivity index (χ3n) is 6.09. The molecule has 31 heavy (non-hydrogen) atoms. The lowest BCUT2D eigenvalue weighted by atomic mass is 10.2. The van der Waals surface area contributed by atoms with Gasteiger partial charge in [-0.05, 0) is 37.1 Å². The smallest absolute Gasteiger partial charge is 0.180 e. The summed E-state index contributed by atoms with van der Waals surface area (Å²) >= 11 is 6.46. The minimum Gasteiger partial charge on any atom is -0.492 e. The highest BCUT2D eigenvalue weighted by atomic mass is 35.5. The van der Waals surface area contributed by atoms with Gasteiger partial charge in [0.15, 0.2) is 5.65 Å². The highest BCUT2D eigenvalue weighted by Gasteiger charge is 2.19. The first kappa shape index (κ1) is 20.5. The largest absolute Gasteiger partial charge is 0.492 e. The number of hydrogen-bond donors (Lipinski definition) is 2. The van der Waals surface area contributed by atoms with E-state index in [1.165, 1.54) is 25.7 Å². The molecule has 3 aromatic rings. The molecule has 7 nitrogen and oxygen atoms in total. The molecule has 0 bridgehead atoms. The van der Waals surface area contributed by atoms with Crippen LogP contribution < -0.4 is 10.1 Å². The summed E-state index contributed by atoms with van der Waals surface area (Å²) in [6.45, 7) is 5.16. The zero-order valence-electron chi connectivity index (χ0n) is 17.6. The van der Waals surface area contributed by atoms with Crippen molar-refractivity contribution in [2.24, 2.45) is 0 Å². The number of aromatic nitrogens is 3. The molecule has 1 saturated heterocycles. The average Bonchev–Trinajstić information content (AvgIpc) is 3.47. The van der Waals surface area contributed by atoms with Crippen molar-refractivity contribution in [1.29, 1.82) is 0 Å². The molecule has 0 amide bonds. The normalized spacial score (nSPS) is 18.0. The molecule has 2 aliphatic rings. The van der Waals surface area contributed by atoms with E-state index in [-0.39, 0.29) is 0 Å². The van der Waals surface area contributed by atoms with E-state index in [1.807, 2.05) is 24.3 Å². The summed E-state index contributed by atoms with van der Waals surface area (Å²) in [5, 5.41) is 4.22. The highest BCUT2D eigenvalue weighted by molar-refractivity contribution is 6.34. The zero-order valence-corrected chi connectivity index (χ0v) is 18.3. The molecule has 0 spiro atoms. The van der Waals surface area contributed by atoms with E-state index in [0.717, 1.165) is 61.2 Å². The number of ether oxygens (including phenoxy) is 2. The van der Waals surface area contributed by atoms with Crippen LogP contribution >= 0.6 is 11.6 Å². The van der Waals surface area contributed by atoms with E-state index in [9.17, 15) is 0 Å². The van der Waals surface area contributed by atoms with Crippen LogP contribution in [0.2, 0.25) is 5.02 Å². The number of H-pyrrole nitrogens is 1. The molecule has 164 valence electrons. The Morgan fingerprint density at radius 1 is 1.16 bits per heavy atom. The number of fused-ring (bicyclic) bond motifs is 1. The number of nitrogens with zero attached hydrogens (tertiary/aromatic N) is 3. The molecule has 1 aromatic carbocycles. The van der Waals surface area contributed by atoms with Crippen LogP contribution in [0.5, 0.6) is 5.75 Å². The number of imidazole rings is 1. The summed E-state index contributed by atoms with van der Waals surface area (Å²) in [6, 6.07) is 8.48. The fourth-order valence-electron chi connectivity index (χ4n) is 4.31. The summed E-state index contributed by atoms with van der Waals surface area (Å²) in [5.41, 5.74) is 3.42. The van der Waals surface area contributed by atoms with Gasteiger partial charge < -0.3 is 19.8 Å². The average molecular weight is 442 g/mol. The number of pyridine rings is 1. The lowest BCUT2D eigenvalue weighted by Gasteiger charge is -2.26. The number of anilines is 1. The van der Waals surface area contributed by atoms with Crippen LogP contribution in [0.15, 0.2) is 30.5 Å². The van der Waals surface area contributed by atoms with Crippen molar-refractivity contribution >= 4 is 28.5 Å². The van der Waals surface area contributed by atoms with Crippen molar-refractivity contribution < 1.29 is 9.47 Å². The topological polar surface area (TPSA) is 75.3 Å². The Morgan fingerprint density at radius 3 is 2.71 bits per heavy atom. The van der Waals surface area contributed by atoms with Crippen LogP contribution in [0, 0.1) is 0 Å². The van der Waals surface area contributed by atoms with Gasteiger partial charge in [-0.3, -0.25) is 4.90 Å². The molecular formula is C23H28ClN5O2. The summed E-state index contributed by atoms with van der Waals surface area (Å²) in [5.74, 6) is 1.64. The van der Waals surface area contributed by atoms with E-state index in [0.29, 0.717) is 23.3 Å². The first-order chi connectivity index (χ1) is 15.3. The van der Waals surface area contributed by atoms with E-state index >= 15 is 0 Å². The van der Waals surface area contributed by atoms with E-state index in [1.54, 1.807) is 6.20 Å². The van der Waals surface area contributed by atoms with Crippen LogP contribution in [0.25, 0.3) is 22.6 Å². The van der Waals surface area contributed by atoms with Crippen LogP contribution in [0.1, 0.15) is 25.7 Å². The van der Waals surface area contributed by atoms with Crippen molar-refractivity contribution in [2.75, 3.05) is 44.8 Å². The zero-order chi connectivity index (χ0) is 21.0. The Bertz CT molecular complexity index is 1010. The number of rotatable bonds is 7. The van der Waals surface area contributed by atoms with Crippen molar-refractivity contribution in [3.63, 3.8) is 0 Å². The van der Waals surface area contributed by atoms with Crippen molar-refractivity contribution in [3.8, 4) is 17.1 Å². The molecule has 8 heteroatoms. The second kappa shape index (κ2) is 9.42. The molecule has 1 aliphatic carbocycles. The molecule has 3 heterocycles. The molecular weight excluding hydrogens is 414 g/mol. The van der Waals surface area contributed by atoms with Gasteiger partial charge in [-0.25, -0.2) is 9.97 Å². The Balaban J connectivity index is 1.27. The predicted molar refractivity (Wildman–Crippen MR) is 123 cm³/mol. The SMILES string of the molecule is Clc1cnc2nc(-c3ccc(OCCN4CCOCC4)cc3)[nH]c2c1NC1CCCC1. The summed E-state index contributed by atoms with van der Waals surface area (Å²) in [4.78, 5) is 14.9. The first-order valence-electron chi connectivity index (χ1n) is 11.1. The molecule has 2 N–H and O–H groups in total. The van der Waals surface area contributed by atoms with Gasteiger partial charge in [-0.2, -0.15) is 0 Å². The second-order valence-corrected chi connectivity index (χ2v) is 8.62.